The van der Waals surface area contributed by atoms with Gasteiger partial charge in [0.2, 0.25) is 0 Å². The summed E-state index contributed by atoms with van der Waals surface area (Å²) in [7, 11) is 0. The zero-order valence-electron chi connectivity index (χ0n) is 4.68. The molecule has 0 aliphatic rings. The fourth-order valence-electron chi connectivity index (χ4n) is 0.175. The van der Waals surface area contributed by atoms with E-state index in [1.807, 2.05) is 6.92 Å². The van der Waals surface area contributed by atoms with Crippen molar-refractivity contribution in [2.24, 2.45) is 0 Å². The Hall–Kier alpha value is 1.75. The van der Waals surface area contributed by atoms with E-state index in [9.17, 15) is 4.21 Å². The maximum Gasteiger partial charge on any atom is 0.152 e. The van der Waals surface area contributed by atoms with Gasteiger partial charge in [0.05, 0.1) is 0 Å². The van der Waals surface area contributed by atoms with Gasteiger partial charge in [0.25, 0.3) is 0 Å². The molecule has 1 atom stereocenters. The Morgan fingerprint density at radius 3 is 2.14 bits per heavy atom. The zero-order chi connectivity index (χ0) is 4.99. The van der Waals surface area contributed by atoms with E-state index in [2.05, 4.69) is 0 Å². The average Bonchev–Trinajstić information content (AvgIpc) is 1.35. The van der Waals surface area contributed by atoms with Crippen LogP contribution in [-0.2, 0) is 11.1 Å². The van der Waals surface area contributed by atoms with Crippen LogP contribution in [0.4, 0.5) is 0 Å². The molecule has 0 amide bonds. The Balaban J connectivity index is 0. The number of rotatable bonds is 2. The molecule has 0 saturated heterocycles. The van der Waals surface area contributed by atoms with Crippen molar-refractivity contribution in [2.45, 2.75) is 13.3 Å². The minimum atomic E-state index is -1.57. The van der Waals surface area contributed by atoms with Crippen LogP contribution in [0.5, 0.6) is 0 Å². The predicted molar refractivity (Wildman–Crippen MR) is 31.7 cm³/mol. The Kier molecular flexibility index (Phi) is 12.8. The van der Waals surface area contributed by atoms with Crippen molar-refractivity contribution in [3.63, 3.8) is 0 Å². The largest absolute Gasteiger partial charge is 0.306 e. The molecule has 2 nitrogen and oxygen atoms in total. The van der Waals surface area contributed by atoms with Gasteiger partial charge < -0.3 is 4.55 Å². The van der Waals surface area contributed by atoms with Crippen LogP contribution in [0, 0.1) is 0 Å². The summed E-state index contributed by atoms with van der Waals surface area (Å²) in [4.78, 5) is 0. The van der Waals surface area contributed by atoms with Crippen LogP contribution in [0.1, 0.15) is 13.3 Å². The molecule has 0 rings (SSSR count). The van der Waals surface area contributed by atoms with E-state index in [1.165, 1.54) is 0 Å². The molecule has 0 spiro atoms. The molecule has 7 heavy (non-hydrogen) atoms. The van der Waals surface area contributed by atoms with Gasteiger partial charge in [0.15, 0.2) is 11.1 Å². The molecule has 1 unspecified atom stereocenters. The van der Waals surface area contributed by atoms with Gasteiger partial charge >= 0.3 is 0 Å². The Bertz CT molecular complexity index is 56.9. The first kappa shape index (κ1) is 11.5. The third-order valence-electron chi connectivity index (χ3n) is 0.379. The molecule has 0 aromatic heterocycles. The molecule has 39 valence electrons. The van der Waals surface area contributed by atoms with E-state index in [4.69, 9.17) is 4.55 Å². The van der Waals surface area contributed by atoms with Crippen LogP contribution >= 0.6 is 0 Å². The molecule has 0 fully saturated rings. The first-order valence-corrected chi connectivity index (χ1v) is 3.12. The second-order valence-electron chi connectivity index (χ2n) is 1.03. The van der Waals surface area contributed by atoms with E-state index < -0.39 is 11.1 Å². The monoisotopic (exact) mass is 147 g/mol. The van der Waals surface area contributed by atoms with E-state index in [0.29, 0.717) is 5.75 Å². The van der Waals surface area contributed by atoms with Crippen molar-refractivity contribution in [3.05, 3.63) is 0 Å². The summed E-state index contributed by atoms with van der Waals surface area (Å²) in [6.45, 7) is 1.87. The van der Waals surface area contributed by atoms with E-state index in [0.717, 1.165) is 6.42 Å². The van der Waals surface area contributed by atoms with Crippen LogP contribution in [0.25, 0.3) is 0 Å². The van der Waals surface area contributed by atoms with E-state index in [-0.39, 0.29) is 51.4 Å². The molecular formula is C3H8KO2S. The summed E-state index contributed by atoms with van der Waals surface area (Å²) < 4.78 is 17.7. The van der Waals surface area contributed by atoms with Crippen molar-refractivity contribution in [2.75, 3.05) is 5.75 Å². The smallest absolute Gasteiger partial charge is 0.152 e. The van der Waals surface area contributed by atoms with Crippen LogP contribution in [-0.4, -0.2) is 65.9 Å². The molecule has 0 aliphatic carbocycles. The summed E-state index contributed by atoms with van der Waals surface area (Å²) >= 11 is -1.57. The van der Waals surface area contributed by atoms with Gasteiger partial charge in [-0.2, -0.15) is 0 Å². The minimum Gasteiger partial charge on any atom is -0.306 e. The van der Waals surface area contributed by atoms with E-state index in [1.54, 1.807) is 0 Å². The molecule has 0 aromatic rings. The number of hydrogen-bond acceptors (Lipinski definition) is 1. The third kappa shape index (κ3) is 11.4. The predicted octanol–water partition coefficient (Wildman–Crippen LogP) is 0.237. The topological polar surface area (TPSA) is 37.3 Å². The van der Waals surface area contributed by atoms with Crippen LogP contribution in [0.3, 0.4) is 0 Å². The van der Waals surface area contributed by atoms with Crippen LogP contribution in [0.15, 0.2) is 0 Å². The Morgan fingerprint density at radius 1 is 1.71 bits per heavy atom. The van der Waals surface area contributed by atoms with E-state index >= 15 is 0 Å². The van der Waals surface area contributed by atoms with Crippen LogP contribution in [0.2, 0.25) is 0 Å². The standard InChI is InChI=1S/C3H8O2S.K/c1-2-3-6(4)5;/h2-3H2,1H3,(H,4,5);. The summed E-state index contributed by atoms with van der Waals surface area (Å²) in [6, 6.07) is 0. The summed E-state index contributed by atoms with van der Waals surface area (Å²) in [5.74, 6) is 0.403. The fraction of sp³-hybridized carbons (Fsp3) is 1.00. The van der Waals surface area contributed by atoms with Crippen molar-refractivity contribution in [1.82, 2.24) is 0 Å². The van der Waals surface area contributed by atoms with Gasteiger partial charge in [-0.1, -0.05) is 6.92 Å². The number of hydrogen-bond donors (Lipinski definition) is 1. The maximum atomic E-state index is 9.71. The zero-order valence-corrected chi connectivity index (χ0v) is 8.62. The van der Waals surface area contributed by atoms with Crippen LogP contribution < -0.4 is 0 Å². The molecule has 1 radical (unpaired) electrons. The average molecular weight is 147 g/mol. The molecule has 0 heterocycles. The van der Waals surface area contributed by atoms with Gasteiger partial charge in [-0.3, -0.25) is 0 Å². The molecule has 0 saturated carbocycles. The summed E-state index contributed by atoms with van der Waals surface area (Å²) in [5.41, 5.74) is 0. The van der Waals surface area contributed by atoms with Crippen molar-refractivity contribution >= 4 is 62.5 Å². The molecule has 0 bridgehead atoms. The van der Waals surface area contributed by atoms with Gasteiger partial charge in [-0.15, -0.1) is 0 Å². The van der Waals surface area contributed by atoms with Gasteiger partial charge in [-0.05, 0) is 6.42 Å². The molecule has 1 N–H and O–H groups in total. The normalized spacial score (nSPS) is 12.3. The first-order chi connectivity index (χ1) is 2.77. The molecule has 4 heteroatoms. The third-order valence-corrected chi connectivity index (χ3v) is 1.14. The Morgan fingerprint density at radius 2 is 2.14 bits per heavy atom. The van der Waals surface area contributed by atoms with Gasteiger partial charge in [-0.25, -0.2) is 4.21 Å². The van der Waals surface area contributed by atoms with Gasteiger partial charge in [0, 0.05) is 57.1 Å². The molecule has 0 aliphatic heterocycles. The first-order valence-electron chi connectivity index (χ1n) is 1.85. The van der Waals surface area contributed by atoms with Crippen molar-refractivity contribution in [1.29, 1.82) is 0 Å². The van der Waals surface area contributed by atoms with Crippen molar-refractivity contribution < 1.29 is 8.76 Å². The SMILES string of the molecule is CCCS(=O)O.[K]. The fourth-order valence-corrected chi connectivity index (χ4v) is 0.524. The summed E-state index contributed by atoms with van der Waals surface area (Å²) in [5, 5.41) is 0. The maximum absolute atomic E-state index is 9.71. The second-order valence-corrected chi connectivity index (χ2v) is 2.08. The van der Waals surface area contributed by atoms with Gasteiger partial charge in [0.1, 0.15) is 0 Å². The second kappa shape index (κ2) is 7.75. The quantitative estimate of drug-likeness (QED) is 0.448. The molecule has 0 aromatic carbocycles. The summed E-state index contributed by atoms with van der Waals surface area (Å²) in [6.07, 6.45) is 0.781. The van der Waals surface area contributed by atoms with Crippen molar-refractivity contribution in [3.8, 4) is 0 Å². The molecular weight excluding hydrogens is 139 g/mol. The Labute approximate surface area is 88.8 Å². The minimum absolute atomic E-state index is 0.